The Morgan fingerprint density at radius 1 is 1.11 bits per heavy atom. The lowest BCUT2D eigenvalue weighted by atomic mass is 10.1. The second-order valence-electron chi connectivity index (χ2n) is 7.33. The number of anilines is 1. The number of piperazine rings is 1. The molecule has 1 aromatic carbocycles. The van der Waals surface area contributed by atoms with E-state index in [0.29, 0.717) is 6.54 Å². The van der Waals surface area contributed by atoms with E-state index in [2.05, 4.69) is 20.1 Å². The van der Waals surface area contributed by atoms with Crippen molar-refractivity contribution >= 4 is 11.7 Å². The molecule has 1 amide bonds. The van der Waals surface area contributed by atoms with Crippen LogP contribution in [0, 0.1) is 0 Å². The third-order valence-electron chi connectivity index (χ3n) is 4.74. The van der Waals surface area contributed by atoms with Crippen molar-refractivity contribution < 1.29 is 18.0 Å². The van der Waals surface area contributed by atoms with E-state index in [9.17, 15) is 18.0 Å². The summed E-state index contributed by atoms with van der Waals surface area (Å²) in [5, 5.41) is 2.90. The summed E-state index contributed by atoms with van der Waals surface area (Å²) in [7, 11) is 0. The number of benzene rings is 1. The van der Waals surface area contributed by atoms with Gasteiger partial charge in [-0.3, -0.25) is 9.69 Å². The molecule has 5 nitrogen and oxygen atoms in total. The molecule has 0 radical (unpaired) electrons. The molecule has 0 bridgehead atoms. The molecule has 3 rings (SSSR count). The van der Waals surface area contributed by atoms with Crippen LogP contribution < -0.4 is 10.2 Å². The zero-order valence-electron chi connectivity index (χ0n) is 16.0. The topological polar surface area (TPSA) is 51.4 Å². The van der Waals surface area contributed by atoms with E-state index in [-0.39, 0.29) is 11.9 Å². The van der Waals surface area contributed by atoms with Crippen molar-refractivity contribution in [3.8, 4) is 11.1 Å². The number of halogens is 3. The van der Waals surface area contributed by atoms with Gasteiger partial charge in [0.1, 0.15) is 5.82 Å². The number of H-pyrrole nitrogens is 1. The van der Waals surface area contributed by atoms with Gasteiger partial charge in [0, 0.05) is 44.0 Å². The van der Waals surface area contributed by atoms with Crippen LogP contribution in [0.1, 0.15) is 19.4 Å². The minimum Gasteiger partial charge on any atom is -0.356 e. The average molecular weight is 394 g/mol. The Morgan fingerprint density at radius 3 is 2.32 bits per heavy atom. The maximum atomic E-state index is 12.7. The zero-order chi connectivity index (χ0) is 20.3. The molecule has 0 atom stereocenters. The maximum Gasteiger partial charge on any atom is 0.416 e. The first-order valence-electron chi connectivity index (χ1n) is 9.35. The standard InChI is InChI=1S/C20H25F3N4O/c1-14(2)25-19(28)13-26-7-9-27(10-8-26)18-11-16(12-24-18)15-3-5-17(6-4-15)20(21,22)23/h3-6,11-12,14,24H,7-10,13H2,1-2H3,(H,25,28). The van der Waals surface area contributed by atoms with E-state index < -0.39 is 11.7 Å². The molecule has 1 fully saturated rings. The largest absolute Gasteiger partial charge is 0.416 e. The summed E-state index contributed by atoms with van der Waals surface area (Å²) in [6, 6.07) is 7.26. The summed E-state index contributed by atoms with van der Waals surface area (Å²) >= 11 is 0. The summed E-state index contributed by atoms with van der Waals surface area (Å²) < 4.78 is 38.1. The molecule has 2 heterocycles. The number of hydrogen-bond donors (Lipinski definition) is 2. The number of alkyl halides is 3. The van der Waals surface area contributed by atoms with Crippen molar-refractivity contribution in [2.24, 2.45) is 0 Å². The lowest BCUT2D eigenvalue weighted by Gasteiger charge is -2.35. The van der Waals surface area contributed by atoms with Gasteiger partial charge in [-0.2, -0.15) is 13.2 Å². The zero-order valence-corrected chi connectivity index (χ0v) is 16.0. The number of amides is 1. The molecule has 0 saturated carbocycles. The van der Waals surface area contributed by atoms with Crippen LogP contribution in [-0.2, 0) is 11.0 Å². The molecule has 1 saturated heterocycles. The van der Waals surface area contributed by atoms with Gasteiger partial charge in [-0.15, -0.1) is 0 Å². The Bertz CT molecular complexity index is 791. The van der Waals surface area contributed by atoms with E-state index in [4.69, 9.17) is 0 Å². The van der Waals surface area contributed by atoms with Gasteiger partial charge in [0.05, 0.1) is 12.1 Å². The molecule has 1 aliphatic heterocycles. The summed E-state index contributed by atoms with van der Waals surface area (Å²) in [6.45, 7) is 7.39. The first-order chi connectivity index (χ1) is 13.2. The summed E-state index contributed by atoms with van der Waals surface area (Å²) in [6.07, 6.45) is -2.52. The molecule has 2 N–H and O–H groups in total. The third kappa shape index (κ3) is 5.07. The highest BCUT2D eigenvalue weighted by molar-refractivity contribution is 5.78. The Kier molecular flexibility index (Phi) is 5.98. The van der Waals surface area contributed by atoms with Gasteiger partial charge < -0.3 is 15.2 Å². The monoisotopic (exact) mass is 394 g/mol. The predicted molar refractivity (Wildman–Crippen MR) is 103 cm³/mol. The summed E-state index contributed by atoms with van der Waals surface area (Å²) in [5.74, 6) is 0.967. The number of nitrogens with one attached hydrogen (secondary N) is 2. The van der Waals surface area contributed by atoms with Gasteiger partial charge >= 0.3 is 6.18 Å². The Morgan fingerprint density at radius 2 is 1.75 bits per heavy atom. The van der Waals surface area contributed by atoms with Crippen LogP contribution in [-0.4, -0.2) is 54.6 Å². The average Bonchev–Trinajstić information content (AvgIpc) is 3.11. The van der Waals surface area contributed by atoms with Gasteiger partial charge in [0.25, 0.3) is 0 Å². The van der Waals surface area contributed by atoms with Crippen LogP contribution in [0.4, 0.5) is 19.0 Å². The number of hydrogen-bond acceptors (Lipinski definition) is 3. The van der Waals surface area contributed by atoms with Crippen molar-refractivity contribution in [1.29, 1.82) is 0 Å². The fourth-order valence-electron chi connectivity index (χ4n) is 3.30. The summed E-state index contributed by atoms with van der Waals surface area (Å²) in [5.41, 5.74) is 0.937. The molecule has 0 spiro atoms. The number of nitrogens with zero attached hydrogens (tertiary/aromatic N) is 2. The number of aromatic amines is 1. The first-order valence-corrected chi connectivity index (χ1v) is 9.35. The van der Waals surface area contributed by atoms with Crippen LogP contribution >= 0.6 is 0 Å². The second-order valence-corrected chi connectivity index (χ2v) is 7.33. The van der Waals surface area contributed by atoms with E-state index in [1.807, 2.05) is 19.9 Å². The maximum absolute atomic E-state index is 12.7. The van der Waals surface area contributed by atoms with E-state index in [1.54, 1.807) is 6.20 Å². The third-order valence-corrected chi connectivity index (χ3v) is 4.74. The normalized spacial score (nSPS) is 15.9. The molecule has 0 unspecified atom stereocenters. The number of carbonyl (C=O) groups is 1. The molecule has 1 aromatic heterocycles. The van der Waals surface area contributed by atoms with Crippen LogP contribution in [0.2, 0.25) is 0 Å². The van der Waals surface area contributed by atoms with Crippen molar-refractivity contribution in [3.63, 3.8) is 0 Å². The molecule has 1 aliphatic rings. The molecular formula is C20H25F3N4O. The quantitative estimate of drug-likeness (QED) is 0.818. The van der Waals surface area contributed by atoms with Crippen molar-refractivity contribution in [3.05, 3.63) is 42.1 Å². The minimum absolute atomic E-state index is 0.0351. The molecule has 8 heteroatoms. The first kappa shape index (κ1) is 20.3. The minimum atomic E-state index is -4.33. The second kappa shape index (κ2) is 8.26. The van der Waals surface area contributed by atoms with Crippen LogP contribution in [0.25, 0.3) is 11.1 Å². The van der Waals surface area contributed by atoms with Crippen molar-refractivity contribution in [2.75, 3.05) is 37.6 Å². The predicted octanol–water partition coefficient (Wildman–Crippen LogP) is 3.35. The lowest BCUT2D eigenvalue weighted by molar-refractivity contribution is -0.137. The highest BCUT2D eigenvalue weighted by Gasteiger charge is 2.30. The molecule has 152 valence electrons. The van der Waals surface area contributed by atoms with Gasteiger partial charge in [-0.25, -0.2) is 0 Å². The van der Waals surface area contributed by atoms with Gasteiger partial charge in [0.15, 0.2) is 0 Å². The smallest absolute Gasteiger partial charge is 0.356 e. The van der Waals surface area contributed by atoms with Gasteiger partial charge in [-0.05, 0) is 37.6 Å². The molecular weight excluding hydrogens is 369 g/mol. The Labute approximate surface area is 162 Å². The van der Waals surface area contributed by atoms with E-state index in [1.165, 1.54) is 12.1 Å². The number of aromatic nitrogens is 1. The van der Waals surface area contributed by atoms with Crippen molar-refractivity contribution in [1.82, 2.24) is 15.2 Å². The SMILES string of the molecule is CC(C)NC(=O)CN1CCN(c2cc(-c3ccc(C(F)(F)F)cc3)c[nH]2)CC1. The summed E-state index contributed by atoms with van der Waals surface area (Å²) in [4.78, 5) is 19.4. The fourth-order valence-corrected chi connectivity index (χ4v) is 3.30. The Hall–Kier alpha value is -2.48. The van der Waals surface area contributed by atoms with Crippen molar-refractivity contribution in [2.45, 2.75) is 26.1 Å². The molecule has 0 aliphatic carbocycles. The Balaban J connectivity index is 1.57. The van der Waals surface area contributed by atoms with Crippen LogP contribution in [0.15, 0.2) is 36.5 Å². The number of rotatable bonds is 5. The molecule has 2 aromatic rings. The highest BCUT2D eigenvalue weighted by atomic mass is 19.4. The van der Waals surface area contributed by atoms with E-state index >= 15 is 0 Å². The van der Waals surface area contributed by atoms with Gasteiger partial charge in [0.2, 0.25) is 5.91 Å². The van der Waals surface area contributed by atoms with Gasteiger partial charge in [-0.1, -0.05) is 12.1 Å². The van der Waals surface area contributed by atoms with E-state index in [0.717, 1.165) is 55.3 Å². The number of carbonyl (C=O) groups excluding carboxylic acids is 1. The van der Waals surface area contributed by atoms with Crippen LogP contribution in [0.3, 0.4) is 0 Å². The lowest BCUT2D eigenvalue weighted by Crippen LogP contribution is -2.50. The van der Waals surface area contributed by atoms with Crippen LogP contribution in [0.5, 0.6) is 0 Å². The molecule has 28 heavy (non-hydrogen) atoms. The fraction of sp³-hybridized carbons (Fsp3) is 0.450. The highest BCUT2D eigenvalue weighted by Crippen LogP contribution is 2.31.